The van der Waals surface area contributed by atoms with E-state index >= 15 is 0 Å². The summed E-state index contributed by atoms with van der Waals surface area (Å²) >= 11 is 1.54. The van der Waals surface area contributed by atoms with Crippen LogP contribution in [0.1, 0.15) is 19.3 Å². The number of likely N-dealkylation sites (tertiary alicyclic amines) is 1. The van der Waals surface area contributed by atoms with Gasteiger partial charge in [-0.15, -0.1) is 0 Å². The lowest BCUT2D eigenvalue weighted by Gasteiger charge is -2.26. The number of nitrogens with zero attached hydrogens (tertiary/aromatic N) is 3. The smallest absolute Gasteiger partial charge is 0.233 e. The number of benzene rings is 1. The van der Waals surface area contributed by atoms with Crippen LogP contribution >= 0.6 is 11.8 Å². The minimum absolute atomic E-state index is 0.238. The number of thioether (sulfide) groups is 1. The molecule has 0 N–H and O–H groups in total. The molecule has 20 heavy (non-hydrogen) atoms. The molecule has 106 valence electrons. The number of rotatable bonds is 3. The zero-order valence-corrected chi connectivity index (χ0v) is 12.5. The molecule has 1 fully saturated rings. The molecule has 0 atom stereocenters. The molecule has 2 aromatic rings. The third kappa shape index (κ3) is 2.68. The van der Waals surface area contributed by atoms with Gasteiger partial charge in [0.2, 0.25) is 5.91 Å². The highest BCUT2D eigenvalue weighted by Crippen LogP contribution is 2.23. The molecule has 1 aromatic heterocycles. The second-order valence-electron chi connectivity index (χ2n) is 5.17. The fraction of sp³-hybridized carbons (Fsp3) is 0.467. The number of hydrogen-bond donors (Lipinski definition) is 0. The first-order valence-corrected chi connectivity index (χ1v) is 8.06. The molecular formula is C15H19N3OS. The molecular weight excluding hydrogens is 270 g/mol. The molecule has 2 heterocycles. The van der Waals surface area contributed by atoms with E-state index in [2.05, 4.69) is 15.6 Å². The van der Waals surface area contributed by atoms with E-state index in [1.165, 1.54) is 18.2 Å². The molecule has 1 aromatic carbocycles. The maximum Gasteiger partial charge on any atom is 0.233 e. The third-order valence-electron chi connectivity index (χ3n) is 3.78. The lowest BCUT2D eigenvalue weighted by Crippen LogP contribution is -2.36. The number of carbonyl (C=O) groups is 1. The summed E-state index contributed by atoms with van der Waals surface area (Å²) in [6, 6.07) is 8.06. The van der Waals surface area contributed by atoms with E-state index in [1.54, 1.807) is 0 Å². The van der Waals surface area contributed by atoms with Gasteiger partial charge in [-0.25, -0.2) is 4.98 Å². The summed E-state index contributed by atoms with van der Waals surface area (Å²) < 4.78 is 2.06. The van der Waals surface area contributed by atoms with Crippen LogP contribution < -0.4 is 0 Å². The van der Waals surface area contributed by atoms with Gasteiger partial charge in [-0.2, -0.15) is 0 Å². The number of amides is 1. The summed E-state index contributed by atoms with van der Waals surface area (Å²) in [6.07, 6.45) is 3.53. The molecule has 1 aliphatic heterocycles. The number of aryl methyl sites for hydroxylation is 1. The van der Waals surface area contributed by atoms with E-state index in [0.717, 1.165) is 42.1 Å². The van der Waals surface area contributed by atoms with Crippen molar-refractivity contribution in [3.05, 3.63) is 24.3 Å². The minimum atomic E-state index is 0.238. The van der Waals surface area contributed by atoms with E-state index in [9.17, 15) is 4.79 Å². The van der Waals surface area contributed by atoms with Crippen LogP contribution in [0.4, 0.5) is 0 Å². The number of aromatic nitrogens is 2. The number of piperidine rings is 1. The van der Waals surface area contributed by atoms with Gasteiger partial charge in [-0.05, 0) is 31.4 Å². The van der Waals surface area contributed by atoms with Crippen molar-refractivity contribution in [2.45, 2.75) is 24.4 Å². The molecule has 0 unspecified atom stereocenters. The van der Waals surface area contributed by atoms with Crippen LogP contribution in [0, 0.1) is 0 Å². The van der Waals surface area contributed by atoms with Crippen molar-refractivity contribution in [2.24, 2.45) is 7.05 Å². The number of carbonyl (C=O) groups excluding carboxylic acids is 1. The summed E-state index contributed by atoms with van der Waals surface area (Å²) in [7, 11) is 2.00. The predicted octanol–water partition coefficient (Wildman–Crippen LogP) is 2.68. The molecule has 0 aliphatic carbocycles. The normalized spacial score (nSPS) is 15.8. The lowest BCUT2D eigenvalue weighted by atomic mass is 10.1. The van der Waals surface area contributed by atoms with Gasteiger partial charge in [0.25, 0.3) is 0 Å². The number of imidazole rings is 1. The van der Waals surface area contributed by atoms with E-state index in [-0.39, 0.29) is 5.91 Å². The third-order valence-corrected chi connectivity index (χ3v) is 4.79. The molecule has 0 radical (unpaired) electrons. The maximum absolute atomic E-state index is 12.2. The van der Waals surface area contributed by atoms with Gasteiger partial charge in [0.15, 0.2) is 5.16 Å². The van der Waals surface area contributed by atoms with E-state index in [0.29, 0.717) is 5.75 Å². The molecule has 1 amide bonds. The van der Waals surface area contributed by atoms with Gasteiger partial charge in [0.05, 0.1) is 16.8 Å². The molecule has 4 nitrogen and oxygen atoms in total. The van der Waals surface area contributed by atoms with Crippen LogP contribution in [0.3, 0.4) is 0 Å². The highest BCUT2D eigenvalue weighted by molar-refractivity contribution is 7.99. The van der Waals surface area contributed by atoms with Crippen molar-refractivity contribution >= 4 is 28.7 Å². The average Bonchev–Trinajstić information content (AvgIpc) is 2.83. The number of hydrogen-bond acceptors (Lipinski definition) is 3. The van der Waals surface area contributed by atoms with E-state index < -0.39 is 0 Å². The Hall–Kier alpha value is -1.49. The highest BCUT2D eigenvalue weighted by Gasteiger charge is 2.17. The fourth-order valence-electron chi connectivity index (χ4n) is 2.61. The maximum atomic E-state index is 12.2. The van der Waals surface area contributed by atoms with Crippen molar-refractivity contribution in [3.8, 4) is 0 Å². The Morgan fingerprint density at radius 1 is 1.25 bits per heavy atom. The molecule has 1 aliphatic rings. The van der Waals surface area contributed by atoms with Gasteiger partial charge in [0.1, 0.15) is 0 Å². The lowest BCUT2D eigenvalue weighted by molar-refractivity contribution is -0.129. The Labute approximate surface area is 123 Å². The quantitative estimate of drug-likeness (QED) is 0.815. The monoisotopic (exact) mass is 289 g/mol. The molecule has 0 bridgehead atoms. The minimum Gasteiger partial charge on any atom is -0.342 e. The van der Waals surface area contributed by atoms with E-state index in [4.69, 9.17) is 0 Å². The number of fused-ring (bicyclic) bond motifs is 1. The second kappa shape index (κ2) is 5.87. The first kappa shape index (κ1) is 13.5. The van der Waals surface area contributed by atoms with Crippen LogP contribution in [-0.2, 0) is 11.8 Å². The first-order valence-electron chi connectivity index (χ1n) is 7.08. The summed E-state index contributed by atoms with van der Waals surface area (Å²) in [4.78, 5) is 18.7. The molecule has 3 rings (SSSR count). The first-order chi connectivity index (χ1) is 9.75. The Bertz CT molecular complexity index is 617. The van der Waals surface area contributed by atoms with Gasteiger partial charge in [0, 0.05) is 20.1 Å². The van der Waals surface area contributed by atoms with E-state index in [1.807, 2.05) is 30.1 Å². The van der Waals surface area contributed by atoms with Crippen LogP contribution in [0.25, 0.3) is 11.0 Å². The average molecular weight is 289 g/mol. The molecule has 5 heteroatoms. The largest absolute Gasteiger partial charge is 0.342 e. The van der Waals surface area contributed by atoms with Crippen molar-refractivity contribution in [2.75, 3.05) is 18.8 Å². The summed E-state index contributed by atoms with van der Waals surface area (Å²) in [6.45, 7) is 1.84. The van der Waals surface area contributed by atoms with Crippen LogP contribution in [-0.4, -0.2) is 39.2 Å². The van der Waals surface area contributed by atoms with Gasteiger partial charge < -0.3 is 9.47 Å². The zero-order valence-electron chi connectivity index (χ0n) is 11.7. The van der Waals surface area contributed by atoms with Crippen molar-refractivity contribution in [1.82, 2.24) is 14.5 Å². The van der Waals surface area contributed by atoms with Gasteiger partial charge in [-0.1, -0.05) is 23.9 Å². The van der Waals surface area contributed by atoms with Gasteiger partial charge >= 0.3 is 0 Å². The molecule has 0 saturated carbocycles. The SMILES string of the molecule is Cn1c(SCC(=O)N2CCCCC2)nc2ccccc21. The van der Waals surface area contributed by atoms with Gasteiger partial charge in [-0.3, -0.25) is 4.79 Å². The standard InChI is InChI=1S/C15H19N3OS/c1-17-13-8-4-3-7-12(13)16-15(17)20-11-14(19)18-9-5-2-6-10-18/h3-4,7-8H,2,5-6,9-11H2,1H3. The van der Waals surface area contributed by atoms with Crippen molar-refractivity contribution < 1.29 is 4.79 Å². The van der Waals surface area contributed by atoms with Crippen molar-refractivity contribution in [3.63, 3.8) is 0 Å². The molecule has 0 spiro atoms. The fourth-order valence-corrected chi connectivity index (χ4v) is 3.50. The Morgan fingerprint density at radius 2 is 2.00 bits per heavy atom. The second-order valence-corrected chi connectivity index (χ2v) is 6.11. The molecule has 1 saturated heterocycles. The van der Waals surface area contributed by atoms with Crippen LogP contribution in [0.15, 0.2) is 29.4 Å². The van der Waals surface area contributed by atoms with Crippen molar-refractivity contribution in [1.29, 1.82) is 0 Å². The Balaban J connectivity index is 1.67. The zero-order chi connectivity index (χ0) is 13.9. The predicted molar refractivity (Wildman–Crippen MR) is 81.9 cm³/mol. The topological polar surface area (TPSA) is 38.1 Å². The Kier molecular flexibility index (Phi) is 3.96. The summed E-state index contributed by atoms with van der Waals surface area (Å²) in [5, 5.41) is 0.913. The highest BCUT2D eigenvalue weighted by atomic mass is 32.2. The summed E-state index contributed by atoms with van der Waals surface area (Å²) in [5.41, 5.74) is 2.10. The number of para-hydroxylation sites is 2. The van der Waals surface area contributed by atoms with Crippen LogP contribution in [0.5, 0.6) is 0 Å². The summed E-state index contributed by atoms with van der Waals surface area (Å²) in [5.74, 6) is 0.721. The Morgan fingerprint density at radius 3 is 2.75 bits per heavy atom. The van der Waals surface area contributed by atoms with Crippen LogP contribution in [0.2, 0.25) is 0 Å².